The minimum Gasteiger partial charge on any atom is -0.486 e. The van der Waals surface area contributed by atoms with Gasteiger partial charge in [0.2, 0.25) is 0 Å². The first kappa shape index (κ1) is 19.8. The molecule has 3 aromatic rings. The van der Waals surface area contributed by atoms with Crippen molar-refractivity contribution in [1.29, 1.82) is 0 Å². The number of benzene rings is 2. The van der Waals surface area contributed by atoms with E-state index in [-0.39, 0.29) is 5.91 Å². The van der Waals surface area contributed by atoms with Crippen molar-refractivity contribution >= 4 is 23.2 Å². The van der Waals surface area contributed by atoms with Crippen LogP contribution in [0.3, 0.4) is 0 Å². The number of piperazine rings is 1. The van der Waals surface area contributed by atoms with Crippen LogP contribution in [0.1, 0.15) is 16.2 Å². The fourth-order valence-electron chi connectivity index (χ4n) is 3.99. The smallest absolute Gasteiger partial charge is 0.272 e. The Labute approximate surface area is 185 Å². The number of halogens is 1. The van der Waals surface area contributed by atoms with E-state index in [9.17, 15) is 4.79 Å². The predicted molar refractivity (Wildman–Crippen MR) is 119 cm³/mol. The first-order valence-electron chi connectivity index (χ1n) is 10.3. The molecular weight excluding hydrogens is 416 g/mol. The monoisotopic (exact) mass is 438 g/mol. The van der Waals surface area contributed by atoms with E-state index in [0.29, 0.717) is 37.0 Å². The Morgan fingerprint density at radius 2 is 1.58 bits per heavy atom. The van der Waals surface area contributed by atoms with Gasteiger partial charge in [0.25, 0.3) is 5.91 Å². The van der Waals surface area contributed by atoms with Gasteiger partial charge in [-0.05, 0) is 49.4 Å². The van der Waals surface area contributed by atoms with E-state index in [1.54, 1.807) is 16.8 Å². The summed E-state index contributed by atoms with van der Waals surface area (Å²) in [6.45, 7) is 5.82. The minimum absolute atomic E-state index is 0.0163. The molecule has 0 radical (unpaired) electrons. The number of carbonyl (C=O) groups excluding carboxylic acids is 1. The highest BCUT2D eigenvalue weighted by Crippen LogP contribution is 2.34. The highest BCUT2D eigenvalue weighted by Gasteiger charge is 2.26. The quantitative estimate of drug-likeness (QED) is 0.625. The number of nitrogens with zero attached hydrogens (tertiary/aromatic N) is 4. The number of carbonyl (C=O) groups is 1. The molecular formula is C23H23ClN4O3. The van der Waals surface area contributed by atoms with Crippen LogP contribution in [0.25, 0.3) is 5.69 Å². The van der Waals surface area contributed by atoms with Gasteiger partial charge < -0.3 is 19.3 Å². The molecule has 1 amide bonds. The van der Waals surface area contributed by atoms with E-state index in [1.807, 2.05) is 48.2 Å². The molecule has 2 aromatic carbocycles. The van der Waals surface area contributed by atoms with Crippen LogP contribution in [-0.4, -0.2) is 60.0 Å². The van der Waals surface area contributed by atoms with E-state index in [4.69, 9.17) is 21.1 Å². The van der Waals surface area contributed by atoms with Gasteiger partial charge in [0, 0.05) is 43.0 Å². The maximum absolute atomic E-state index is 13.3. The van der Waals surface area contributed by atoms with E-state index < -0.39 is 0 Å². The lowest BCUT2D eigenvalue weighted by molar-refractivity contribution is 0.0737. The summed E-state index contributed by atoms with van der Waals surface area (Å²) in [5, 5.41) is 5.17. The zero-order chi connectivity index (χ0) is 21.4. The summed E-state index contributed by atoms with van der Waals surface area (Å²) in [7, 11) is 0. The molecule has 0 aliphatic carbocycles. The third-order valence-electron chi connectivity index (χ3n) is 5.58. The Kier molecular flexibility index (Phi) is 5.19. The van der Waals surface area contributed by atoms with Crippen LogP contribution in [0.4, 0.5) is 5.69 Å². The lowest BCUT2D eigenvalue weighted by atomic mass is 10.2. The predicted octanol–water partition coefficient (Wildman–Crippen LogP) is 3.57. The number of hydrogen-bond donors (Lipinski definition) is 0. The maximum Gasteiger partial charge on any atom is 0.272 e. The molecule has 2 aliphatic rings. The third-order valence-corrected chi connectivity index (χ3v) is 5.83. The zero-order valence-corrected chi connectivity index (χ0v) is 18.0. The lowest BCUT2D eigenvalue weighted by Gasteiger charge is -2.36. The number of ether oxygens (including phenoxy) is 2. The van der Waals surface area contributed by atoms with Crippen molar-refractivity contribution in [3.05, 3.63) is 64.9 Å². The van der Waals surface area contributed by atoms with Gasteiger partial charge in [-0.1, -0.05) is 11.6 Å². The van der Waals surface area contributed by atoms with Gasteiger partial charge in [-0.2, -0.15) is 5.10 Å². The molecule has 0 saturated carbocycles. The SMILES string of the molecule is Cc1cc(C(=O)N2CCN(c3ccc4c(c3)OCCO4)CC2)n(-c2ccc(Cl)cc2)n1. The molecule has 1 saturated heterocycles. The molecule has 160 valence electrons. The fraction of sp³-hybridized carbons (Fsp3) is 0.304. The van der Waals surface area contributed by atoms with Gasteiger partial charge in [0.05, 0.1) is 11.4 Å². The standard InChI is InChI=1S/C23H23ClN4O3/c1-16-14-20(28(25-16)18-4-2-17(24)3-5-18)23(29)27-10-8-26(9-11-27)19-6-7-21-22(15-19)31-13-12-30-21/h2-7,14-15H,8-13H2,1H3. The van der Waals surface area contributed by atoms with Crippen molar-refractivity contribution in [3.63, 3.8) is 0 Å². The van der Waals surface area contributed by atoms with Crippen LogP contribution >= 0.6 is 11.6 Å². The average Bonchev–Trinajstić information content (AvgIpc) is 3.20. The summed E-state index contributed by atoms with van der Waals surface area (Å²) >= 11 is 6.01. The van der Waals surface area contributed by atoms with E-state index >= 15 is 0 Å². The minimum atomic E-state index is -0.0163. The first-order valence-corrected chi connectivity index (χ1v) is 10.7. The highest BCUT2D eigenvalue weighted by molar-refractivity contribution is 6.30. The Balaban J connectivity index is 1.30. The maximum atomic E-state index is 13.3. The molecule has 1 fully saturated rings. The molecule has 1 aromatic heterocycles. The van der Waals surface area contributed by atoms with Crippen LogP contribution in [0.2, 0.25) is 5.02 Å². The van der Waals surface area contributed by atoms with E-state index in [1.165, 1.54) is 0 Å². The van der Waals surface area contributed by atoms with Crippen molar-refractivity contribution in [2.45, 2.75) is 6.92 Å². The fourth-order valence-corrected chi connectivity index (χ4v) is 4.12. The van der Waals surface area contributed by atoms with Gasteiger partial charge in [-0.3, -0.25) is 4.79 Å². The van der Waals surface area contributed by atoms with Gasteiger partial charge in [0.1, 0.15) is 18.9 Å². The number of hydrogen-bond acceptors (Lipinski definition) is 5. The molecule has 7 nitrogen and oxygen atoms in total. The summed E-state index contributed by atoms with van der Waals surface area (Å²) in [4.78, 5) is 17.4. The van der Waals surface area contributed by atoms with Crippen molar-refractivity contribution in [2.75, 3.05) is 44.3 Å². The van der Waals surface area contributed by atoms with E-state index in [2.05, 4.69) is 10.00 Å². The Morgan fingerprint density at radius 1 is 0.903 bits per heavy atom. The van der Waals surface area contributed by atoms with Crippen LogP contribution in [0.15, 0.2) is 48.5 Å². The Bertz CT molecular complexity index is 1100. The van der Waals surface area contributed by atoms with E-state index in [0.717, 1.165) is 41.7 Å². The molecule has 0 bridgehead atoms. The van der Waals surface area contributed by atoms with Crippen molar-refractivity contribution in [3.8, 4) is 17.2 Å². The van der Waals surface area contributed by atoms with Crippen molar-refractivity contribution < 1.29 is 14.3 Å². The van der Waals surface area contributed by atoms with Crippen molar-refractivity contribution in [1.82, 2.24) is 14.7 Å². The second-order valence-corrected chi connectivity index (χ2v) is 8.10. The Morgan fingerprint density at radius 3 is 2.32 bits per heavy atom. The number of fused-ring (bicyclic) bond motifs is 1. The number of anilines is 1. The second kappa shape index (κ2) is 8.15. The number of amides is 1. The first-order chi connectivity index (χ1) is 15.1. The van der Waals surface area contributed by atoms with Crippen molar-refractivity contribution in [2.24, 2.45) is 0 Å². The number of aromatic nitrogens is 2. The summed E-state index contributed by atoms with van der Waals surface area (Å²) < 4.78 is 13.0. The van der Waals surface area contributed by atoms with Crippen LogP contribution in [0.5, 0.6) is 11.5 Å². The highest BCUT2D eigenvalue weighted by atomic mass is 35.5. The van der Waals surface area contributed by atoms with Gasteiger partial charge >= 0.3 is 0 Å². The number of aryl methyl sites for hydroxylation is 1. The second-order valence-electron chi connectivity index (χ2n) is 7.67. The average molecular weight is 439 g/mol. The molecule has 8 heteroatoms. The summed E-state index contributed by atoms with van der Waals surface area (Å²) in [6.07, 6.45) is 0. The lowest BCUT2D eigenvalue weighted by Crippen LogP contribution is -2.49. The zero-order valence-electron chi connectivity index (χ0n) is 17.3. The van der Waals surface area contributed by atoms with Crippen LogP contribution in [-0.2, 0) is 0 Å². The molecule has 5 rings (SSSR count). The molecule has 3 heterocycles. The molecule has 31 heavy (non-hydrogen) atoms. The third kappa shape index (κ3) is 3.93. The normalized spacial score (nSPS) is 15.8. The van der Waals surface area contributed by atoms with Gasteiger partial charge in [-0.15, -0.1) is 0 Å². The largest absolute Gasteiger partial charge is 0.486 e. The molecule has 0 N–H and O–H groups in total. The summed E-state index contributed by atoms with van der Waals surface area (Å²) in [6, 6.07) is 15.2. The van der Waals surface area contributed by atoms with Gasteiger partial charge in [-0.25, -0.2) is 4.68 Å². The molecule has 0 unspecified atom stereocenters. The molecule has 0 spiro atoms. The molecule has 0 atom stereocenters. The van der Waals surface area contributed by atoms with Gasteiger partial charge in [0.15, 0.2) is 11.5 Å². The topological polar surface area (TPSA) is 59.8 Å². The molecule has 2 aliphatic heterocycles. The summed E-state index contributed by atoms with van der Waals surface area (Å²) in [5.41, 5.74) is 3.26. The summed E-state index contributed by atoms with van der Waals surface area (Å²) in [5.74, 6) is 1.55. The van der Waals surface area contributed by atoms with Crippen LogP contribution in [0, 0.1) is 6.92 Å². The van der Waals surface area contributed by atoms with Crippen LogP contribution < -0.4 is 14.4 Å². The number of rotatable bonds is 3. The Hall–Kier alpha value is -3.19.